The van der Waals surface area contributed by atoms with Crippen molar-refractivity contribution in [1.82, 2.24) is 0 Å². The van der Waals surface area contributed by atoms with Crippen LogP contribution in [-0.2, 0) is 0 Å². The first kappa shape index (κ1) is 12.5. The first-order valence-corrected chi connectivity index (χ1v) is 6.14. The Morgan fingerprint density at radius 3 is 1.44 bits per heavy atom. The summed E-state index contributed by atoms with van der Waals surface area (Å²) in [7, 11) is 0. The lowest BCUT2D eigenvalue weighted by Gasteiger charge is -2.17. The number of aryl methyl sites for hydroxylation is 2. The summed E-state index contributed by atoms with van der Waals surface area (Å²) in [5.74, 6) is 1.71. The average molecular weight is 242 g/mol. The highest BCUT2D eigenvalue weighted by Crippen LogP contribution is 2.28. The molecule has 0 unspecified atom stereocenters. The summed E-state index contributed by atoms with van der Waals surface area (Å²) in [5.41, 5.74) is 2.74. The van der Waals surface area contributed by atoms with Crippen LogP contribution in [0.1, 0.15) is 11.1 Å². The van der Waals surface area contributed by atoms with Crippen molar-refractivity contribution in [3.63, 3.8) is 0 Å². The number of benzene rings is 2. The van der Waals surface area contributed by atoms with E-state index in [9.17, 15) is 0 Å². The van der Waals surface area contributed by atoms with Crippen LogP contribution in [0.4, 0.5) is 0 Å². The topological polar surface area (TPSA) is 18.5 Å². The molecular formula is C16H18O2. The maximum Gasteiger partial charge on any atom is 0.161 e. The Morgan fingerprint density at radius 2 is 1.06 bits per heavy atom. The van der Waals surface area contributed by atoms with E-state index in [0.717, 1.165) is 11.5 Å². The Hall–Kier alpha value is -1.96. The van der Waals surface area contributed by atoms with Gasteiger partial charge in [-0.25, -0.2) is 0 Å². The van der Waals surface area contributed by atoms with Crippen LogP contribution in [0.5, 0.6) is 11.5 Å². The lowest BCUT2D eigenvalue weighted by atomic mass is 10.1. The molecule has 3 rings (SSSR count). The first-order valence-electron chi connectivity index (χ1n) is 6.14. The molecule has 1 aliphatic heterocycles. The molecule has 2 aromatic carbocycles. The van der Waals surface area contributed by atoms with Crippen LogP contribution in [0.3, 0.4) is 0 Å². The minimum atomic E-state index is 0.664. The normalized spacial score (nSPS) is 12.3. The van der Waals surface area contributed by atoms with Gasteiger partial charge in [-0.05, 0) is 37.1 Å². The molecule has 0 bridgehead atoms. The van der Waals surface area contributed by atoms with Crippen molar-refractivity contribution in [2.24, 2.45) is 0 Å². The molecule has 0 radical (unpaired) electrons. The van der Waals surface area contributed by atoms with Gasteiger partial charge in [-0.2, -0.15) is 0 Å². The minimum Gasteiger partial charge on any atom is -0.486 e. The molecule has 0 saturated heterocycles. The van der Waals surface area contributed by atoms with Crippen molar-refractivity contribution < 1.29 is 9.47 Å². The third-order valence-electron chi connectivity index (χ3n) is 2.87. The molecule has 2 aromatic rings. The van der Waals surface area contributed by atoms with Gasteiger partial charge in [0.2, 0.25) is 0 Å². The summed E-state index contributed by atoms with van der Waals surface area (Å²) in [6, 6.07) is 16.1. The fourth-order valence-electron chi connectivity index (χ4n) is 1.65. The molecular weight excluding hydrogens is 224 g/mol. The summed E-state index contributed by atoms with van der Waals surface area (Å²) in [6.07, 6.45) is 0. The van der Waals surface area contributed by atoms with Gasteiger partial charge >= 0.3 is 0 Å². The lowest BCUT2D eigenvalue weighted by Crippen LogP contribution is -2.14. The Bertz CT molecular complexity index is 460. The molecule has 2 heteroatoms. The second-order valence-corrected chi connectivity index (χ2v) is 4.23. The highest BCUT2D eigenvalue weighted by molar-refractivity contribution is 5.40. The van der Waals surface area contributed by atoms with Gasteiger partial charge in [0.05, 0.1) is 0 Å². The SMILES string of the molecule is Cc1ccccc1C.c1ccc2c(c1)OCCO2. The van der Waals surface area contributed by atoms with Crippen LogP contribution in [0.2, 0.25) is 0 Å². The van der Waals surface area contributed by atoms with Crippen molar-refractivity contribution in [3.8, 4) is 11.5 Å². The fourth-order valence-corrected chi connectivity index (χ4v) is 1.65. The number of para-hydroxylation sites is 2. The van der Waals surface area contributed by atoms with E-state index in [4.69, 9.17) is 9.47 Å². The summed E-state index contributed by atoms with van der Waals surface area (Å²) in [4.78, 5) is 0. The second kappa shape index (κ2) is 6.10. The quantitative estimate of drug-likeness (QED) is 0.700. The third-order valence-corrected chi connectivity index (χ3v) is 2.87. The number of hydrogen-bond donors (Lipinski definition) is 0. The van der Waals surface area contributed by atoms with Gasteiger partial charge in [-0.15, -0.1) is 0 Å². The van der Waals surface area contributed by atoms with E-state index < -0.39 is 0 Å². The van der Waals surface area contributed by atoms with E-state index in [-0.39, 0.29) is 0 Å². The zero-order valence-electron chi connectivity index (χ0n) is 10.8. The molecule has 0 fully saturated rings. The molecule has 0 spiro atoms. The molecule has 0 aliphatic carbocycles. The standard InChI is InChI=1S/C8H8O2.C8H10/c1-2-4-8-7(3-1)9-5-6-10-8;1-7-5-3-4-6-8(7)2/h1-4H,5-6H2;3-6H,1-2H3. The molecule has 18 heavy (non-hydrogen) atoms. The molecule has 94 valence electrons. The predicted octanol–water partition coefficient (Wildman–Crippen LogP) is 3.76. The van der Waals surface area contributed by atoms with E-state index in [2.05, 4.69) is 38.1 Å². The lowest BCUT2D eigenvalue weighted by molar-refractivity contribution is 0.171. The highest BCUT2D eigenvalue weighted by atomic mass is 16.6. The van der Waals surface area contributed by atoms with E-state index in [0.29, 0.717) is 13.2 Å². The van der Waals surface area contributed by atoms with Gasteiger partial charge < -0.3 is 9.47 Å². The van der Waals surface area contributed by atoms with Crippen molar-refractivity contribution in [2.45, 2.75) is 13.8 Å². The number of hydrogen-bond acceptors (Lipinski definition) is 2. The summed E-state index contributed by atoms with van der Waals surface area (Å²) in [6.45, 7) is 5.57. The predicted molar refractivity (Wildman–Crippen MR) is 73.3 cm³/mol. The Labute approximate surface area is 108 Å². The zero-order chi connectivity index (χ0) is 12.8. The molecule has 1 aliphatic rings. The molecule has 2 nitrogen and oxygen atoms in total. The Balaban J connectivity index is 0.000000138. The van der Waals surface area contributed by atoms with Crippen LogP contribution in [0.25, 0.3) is 0 Å². The average Bonchev–Trinajstić information content (AvgIpc) is 2.43. The number of rotatable bonds is 0. The molecule has 0 N–H and O–H groups in total. The highest BCUT2D eigenvalue weighted by Gasteiger charge is 2.07. The van der Waals surface area contributed by atoms with Crippen molar-refractivity contribution in [2.75, 3.05) is 13.2 Å². The van der Waals surface area contributed by atoms with Gasteiger partial charge in [-0.3, -0.25) is 0 Å². The van der Waals surface area contributed by atoms with E-state index in [1.165, 1.54) is 11.1 Å². The van der Waals surface area contributed by atoms with Gasteiger partial charge in [0.25, 0.3) is 0 Å². The molecule has 1 heterocycles. The molecule has 0 atom stereocenters. The Morgan fingerprint density at radius 1 is 0.667 bits per heavy atom. The number of fused-ring (bicyclic) bond motifs is 1. The molecule has 0 aromatic heterocycles. The largest absolute Gasteiger partial charge is 0.486 e. The van der Waals surface area contributed by atoms with Crippen LogP contribution in [0.15, 0.2) is 48.5 Å². The molecule has 0 amide bonds. The summed E-state index contributed by atoms with van der Waals surface area (Å²) >= 11 is 0. The van der Waals surface area contributed by atoms with Crippen LogP contribution in [-0.4, -0.2) is 13.2 Å². The smallest absolute Gasteiger partial charge is 0.161 e. The van der Waals surface area contributed by atoms with E-state index >= 15 is 0 Å². The summed E-state index contributed by atoms with van der Waals surface area (Å²) < 4.78 is 10.6. The van der Waals surface area contributed by atoms with Crippen LogP contribution < -0.4 is 9.47 Å². The Kier molecular flexibility index (Phi) is 4.24. The maximum atomic E-state index is 5.30. The minimum absolute atomic E-state index is 0.664. The zero-order valence-corrected chi connectivity index (χ0v) is 10.8. The van der Waals surface area contributed by atoms with Gasteiger partial charge in [-0.1, -0.05) is 36.4 Å². The van der Waals surface area contributed by atoms with Gasteiger partial charge in [0.1, 0.15) is 13.2 Å². The van der Waals surface area contributed by atoms with E-state index in [1.807, 2.05) is 24.3 Å². The van der Waals surface area contributed by atoms with Crippen molar-refractivity contribution >= 4 is 0 Å². The monoisotopic (exact) mass is 242 g/mol. The van der Waals surface area contributed by atoms with E-state index in [1.54, 1.807) is 0 Å². The summed E-state index contributed by atoms with van der Waals surface area (Å²) in [5, 5.41) is 0. The van der Waals surface area contributed by atoms with Gasteiger partial charge in [0.15, 0.2) is 11.5 Å². The van der Waals surface area contributed by atoms with Crippen LogP contribution in [0, 0.1) is 13.8 Å². The second-order valence-electron chi connectivity index (χ2n) is 4.23. The van der Waals surface area contributed by atoms with Crippen molar-refractivity contribution in [3.05, 3.63) is 59.7 Å². The maximum absolute atomic E-state index is 5.30. The first-order chi connectivity index (χ1) is 8.77. The van der Waals surface area contributed by atoms with Gasteiger partial charge in [0, 0.05) is 0 Å². The number of ether oxygens (including phenoxy) is 2. The van der Waals surface area contributed by atoms with Crippen LogP contribution >= 0.6 is 0 Å². The third kappa shape index (κ3) is 3.27. The molecule has 0 saturated carbocycles. The fraction of sp³-hybridized carbons (Fsp3) is 0.250. The van der Waals surface area contributed by atoms with Crippen molar-refractivity contribution in [1.29, 1.82) is 0 Å².